The second-order valence-corrected chi connectivity index (χ2v) is 4.72. The minimum absolute atomic E-state index is 0.454. The molecule has 2 aromatic rings. The number of hydrogen-bond donors (Lipinski definition) is 0. The monoisotopic (exact) mass is 304 g/mol. The molecule has 3 nitrogen and oxygen atoms in total. The molecule has 0 amide bonds. The van der Waals surface area contributed by atoms with E-state index >= 15 is 0 Å². The summed E-state index contributed by atoms with van der Waals surface area (Å²) in [5.41, 5.74) is 0. The third-order valence-corrected chi connectivity index (χ3v) is 3.50. The number of rotatable bonds is 3. The van der Waals surface area contributed by atoms with E-state index in [1.54, 1.807) is 18.5 Å². The molecule has 0 aliphatic carbocycles. The molecule has 0 N–H and O–H groups in total. The van der Waals surface area contributed by atoms with E-state index in [-0.39, 0.29) is 0 Å². The second-order valence-electron chi connectivity index (χ2n) is 2.62. The number of halogens is 2. The van der Waals surface area contributed by atoms with Gasteiger partial charge in [0.25, 0.3) is 5.19 Å². The molecule has 0 unspecified atom stereocenters. The van der Waals surface area contributed by atoms with Crippen LogP contribution in [0.15, 0.2) is 29.1 Å². The number of aromatic nitrogens is 2. The molecule has 0 aliphatic heterocycles. The summed E-state index contributed by atoms with van der Waals surface area (Å²) >= 11 is 10.4. The predicted molar refractivity (Wildman–Crippen MR) is 63.7 cm³/mol. The number of nitrogens with zero attached hydrogens (tertiary/aromatic N) is 2. The van der Waals surface area contributed by atoms with E-state index < -0.39 is 0 Å². The Bertz CT molecular complexity index is 463. The van der Waals surface area contributed by atoms with Gasteiger partial charge < -0.3 is 4.74 Å². The Balaban J connectivity index is 2.18. The Morgan fingerprint density at radius 2 is 2.33 bits per heavy atom. The highest BCUT2D eigenvalue weighted by Crippen LogP contribution is 2.30. The van der Waals surface area contributed by atoms with Crippen LogP contribution in [0.4, 0.5) is 0 Å². The molecule has 78 valence electrons. The van der Waals surface area contributed by atoms with Crippen molar-refractivity contribution in [3.05, 3.63) is 34.0 Å². The third-order valence-electron chi connectivity index (χ3n) is 1.59. The van der Waals surface area contributed by atoms with Crippen molar-refractivity contribution in [3.63, 3.8) is 0 Å². The molecule has 0 saturated heterocycles. The average Bonchev–Trinajstić information content (AvgIpc) is 2.69. The smallest absolute Gasteiger partial charge is 0.279 e. The Labute approximate surface area is 104 Å². The molecule has 2 rings (SSSR count). The summed E-state index contributed by atoms with van der Waals surface area (Å²) < 4.78 is 6.19. The first kappa shape index (κ1) is 10.9. The highest BCUT2D eigenvalue weighted by molar-refractivity contribution is 9.10. The second kappa shape index (κ2) is 4.92. The normalized spacial score (nSPS) is 10.3. The first-order valence-electron chi connectivity index (χ1n) is 4.08. The van der Waals surface area contributed by atoms with Gasteiger partial charge in [0.1, 0.15) is 4.60 Å². The van der Waals surface area contributed by atoms with Crippen LogP contribution in [0.25, 0.3) is 0 Å². The van der Waals surface area contributed by atoms with E-state index in [0.717, 1.165) is 4.88 Å². The van der Waals surface area contributed by atoms with E-state index in [1.165, 1.54) is 11.3 Å². The Morgan fingerprint density at radius 1 is 1.47 bits per heavy atom. The third kappa shape index (κ3) is 2.68. The lowest BCUT2D eigenvalue weighted by Crippen LogP contribution is -1.85. The summed E-state index contributed by atoms with van der Waals surface area (Å²) in [6.45, 7) is 0. The van der Waals surface area contributed by atoms with Gasteiger partial charge in [0, 0.05) is 17.3 Å². The van der Waals surface area contributed by atoms with Gasteiger partial charge in [-0.25, -0.2) is 9.97 Å². The van der Waals surface area contributed by atoms with Crippen molar-refractivity contribution in [3.8, 4) is 10.9 Å². The molecular weight excluding hydrogens is 300 g/mol. The van der Waals surface area contributed by atoms with Gasteiger partial charge in [0.05, 0.1) is 5.88 Å². The van der Waals surface area contributed by atoms with Crippen molar-refractivity contribution in [2.24, 2.45) is 0 Å². The topological polar surface area (TPSA) is 35.0 Å². The predicted octanol–water partition coefficient (Wildman–Crippen LogP) is 3.83. The lowest BCUT2D eigenvalue weighted by atomic mass is 10.5. The van der Waals surface area contributed by atoms with Crippen LogP contribution >= 0.6 is 38.9 Å². The Kier molecular flexibility index (Phi) is 3.56. The van der Waals surface area contributed by atoms with Crippen molar-refractivity contribution in [2.75, 3.05) is 0 Å². The molecule has 0 aromatic carbocycles. The standard InChI is InChI=1S/C9H6BrClN2OS/c10-8-7(2-1-3-12-8)14-9-13-5-6(4-11)15-9/h1-3,5H,4H2. The Hall–Kier alpha value is -0.650. The first-order valence-corrected chi connectivity index (χ1v) is 6.23. The quantitative estimate of drug-likeness (QED) is 0.638. The summed E-state index contributed by atoms with van der Waals surface area (Å²) in [4.78, 5) is 9.11. The fourth-order valence-electron chi connectivity index (χ4n) is 0.940. The molecule has 0 bridgehead atoms. The lowest BCUT2D eigenvalue weighted by molar-refractivity contribution is 0.473. The minimum Gasteiger partial charge on any atom is -0.428 e. The van der Waals surface area contributed by atoms with Crippen molar-refractivity contribution >= 4 is 38.9 Å². The zero-order chi connectivity index (χ0) is 10.7. The maximum atomic E-state index is 5.67. The summed E-state index contributed by atoms with van der Waals surface area (Å²) in [7, 11) is 0. The maximum absolute atomic E-state index is 5.67. The summed E-state index contributed by atoms with van der Waals surface area (Å²) in [6, 6.07) is 3.62. The van der Waals surface area contributed by atoms with E-state index in [9.17, 15) is 0 Å². The Morgan fingerprint density at radius 3 is 3.00 bits per heavy atom. The summed E-state index contributed by atoms with van der Waals surface area (Å²) in [6.07, 6.45) is 3.39. The molecule has 0 radical (unpaired) electrons. The minimum atomic E-state index is 0.454. The van der Waals surface area contributed by atoms with Gasteiger partial charge in [0.15, 0.2) is 5.75 Å². The fourth-order valence-corrected chi connectivity index (χ4v) is 2.13. The molecule has 0 spiro atoms. The molecule has 6 heteroatoms. The largest absolute Gasteiger partial charge is 0.428 e. The van der Waals surface area contributed by atoms with Crippen molar-refractivity contribution in [1.82, 2.24) is 9.97 Å². The van der Waals surface area contributed by atoms with Gasteiger partial charge in [-0.1, -0.05) is 11.3 Å². The van der Waals surface area contributed by atoms with Crippen molar-refractivity contribution < 1.29 is 4.74 Å². The van der Waals surface area contributed by atoms with E-state index in [1.807, 2.05) is 6.07 Å². The molecule has 2 heterocycles. The van der Waals surface area contributed by atoms with Gasteiger partial charge in [0.2, 0.25) is 0 Å². The van der Waals surface area contributed by atoms with Crippen LogP contribution in [0, 0.1) is 0 Å². The van der Waals surface area contributed by atoms with Crippen LogP contribution in [-0.2, 0) is 5.88 Å². The zero-order valence-electron chi connectivity index (χ0n) is 7.48. The van der Waals surface area contributed by atoms with Gasteiger partial charge in [-0.3, -0.25) is 0 Å². The fraction of sp³-hybridized carbons (Fsp3) is 0.111. The van der Waals surface area contributed by atoms with E-state index in [2.05, 4.69) is 25.9 Å². The van der Waals surface area contributed by atoms with Gasteiger partial charge in [-0.2, -0.15) is 0 Å². The highest BCUT2D eigenvalue weighted by atomic mass is 79.9. The van der Waals surface area contributed by atoms with Crippen LogP contribution in [0.2, 0.25) is 0 Å². The highest BCUT2D eigenvalue weighted by Gasteiger charge is 2.06. The van der Waals surface area contributed by atoms with Crippen molar-refractivity contribution in [1.29, 1.82) is 0 Å². The average molecular weight is 306 g/mol. The number of ether oxygens (including phenoxy) is 1. The van der Waals surface area contributed by atoms with Crippen LogP contribution in [0.1, 0.15) is 4.88 Å². The number of alkyl halides is 1. The molecule has 0 saturated carbocycles. The summed E-state index contributed by atoms with van der Waals surface area (Å²) in [5, 5.41) is 0.569. The summed E-state index contributed by atoms with van der Waals surface area (Å²) in [5.74, 6) is 1.10. The van der Waals surface area contributed by atoms with E-state index in [4.69, 9.17) is 16.3 Å². The maximum Gasteiger partial charge on any atom is 0.279 e. The van der Waals surface area contributed by atoms with Crippen LogP contribution in [-0.4, -0.2) is 9.97 Å². The van der Waals surface area contributed by atoms with Crippen LogP contribution in [0.5, 0.6) is 10.9 Å². The molecule has 0 aliphatic rings. The van der Waals surface area contributed by atoms with Gasteiger partial charge >= 0.3 is 0 Å². The molecular formula is C9H6BrClN2OS. The number of pyridine rings is 1. The van der Waals surface area contributed by atoms with Crippen molar-refractivity contribution in [2.45, 2.75) is 5.88 Å². The van der Waals surface area contributed by atoms with Gasteiger partial charge in [-0.05, 0) is 28.1 Å². The first-order chi connectivity index (χ1) is 7.29. The van der Waals surface area contributed by atoms with E-state index in [0.29, 0.717) is 21.4 Å². The molecule has 15 heavy (non-hydrogen) atoms. The number of hydrogen-bond acceptors (Lipinski definition) is 4. The molecule has 0 fully saturated rings. The van der Waals surface area contributed by atoms with Gasteiger partial charge in [-0.15, -0.1) is 11.6 Å². The number of thiazole rings is 1. The molecule has 2 aromatic heterocycles. The molecule has 0 atom stereocenters. The SMILES string of the molecule is ClCc1cnc(Oc2cccnc2Br)s1. The lowest BCUT2D eigenvalue weighted by Gasteiger charge is -2.01. The zero-order valence-corrected chi connectivity index (χ0v) is 10.6. The van der Waals surface area contributed by atoms with Crippen LogP contribution < -0.4 is 4.74 Å². The van der Waals surface area contributed by atoms with Crippen LogP contribution in [0.3, 0.4) is 0 Å².